The summed E-state index contributed by atoms with van der Waals surface area (Å²) in [6.45, 7) is 6.04. The number of anilines is 1. The molecule has 1 aliphatic heterocycles. The largest absolute Gasteiger partial charge is 0.326 e. The van der Waals surface area contributed by atoms with Gasteiger partial charge in [0.05, 0.1) is 6.04 Å². The highest BCUT2D eigenvalue weighted by Crippen LogP contribution is 2.32. The molecule has 0 radical (unpaired) electrons. The van der Waals surface area contributed by atoms with E-state index in [2.05, 4.69) is 10.3 Å². The van der Waals surface area contributed by atoms with Gasteiger partial charge in [-0.15, -0.1) is 0 Å². The molecule has 0 saturated carbocycles. The number of nitrogens with zero attached hydrogens (tertiary/aromatic N) is 2. The van der Waals surface area contributed by atoms with Crippen molar-refractivity contribution >= 4 is 23.4 Å². The smallest absolute Gasteiger partial charge is 0.254 e. The maximum atomic E-state index is 12.4. The molecule has 126 valence electrons. The molecule has 2 heterocycles. The molecule has 0 aliphatic carbocycles. The molecule has 3 rings (SSSR count). The third-order valence-electron chi connectivity index (χ3n) is 4.32. The van der Waals surface area contributed by atoms with E-state index in [-0.39, 0.29) is 23.9 Å². The van der Waals surface area contributed by atoms with Gasteiger partial charge in [-0.1, -0.05) is 24.8 Å². The number of carbonyl (C=O) groups is 1. The predicted octanol–water partition coefficient (Wildman–Crippen LogP) is 3.10. The second-order valence-corrected chi connectivity index (χ2v) is 7.10. The van der Waals surface area contributed by atoms with Crippen molar-refractivity contribution in [2.24, 2.45) is 0 Å². The van der Waals surface area contributed by atoms with Crippen molar-refractivity contribution < 1.29 is 4.79 Å². The van der Waals surface area contributed by atoms with E-state index in [0.29, 0.717) is 5.75 Å². The van der Waals surface area contributed by atoms with Crippen LogP contribution in [0.5, 0.6) is 0 Å². The molecule has 1 unspecified atom stereocenters. The van der Waals surface area contributed by atoms with Gasteiger partial charge in [-0.3, -0.25) is 14.2 Å². The maximum absolute atomic E-state index is 12.4. The fraction of sp³-hybridized carbons (Fsp3) is 0.389. The number of fused-ring (bicyclic) bond motifs is 1. The molecule has 5 nitrogen and oxygen atoms in total. The zero-order valence-corrected chi connectivity index (χ0v) is 14.9. The van der Waals surface area contributed by atoms with Gasteiger partial charge in [-0.05, 0) is 43.5 Å². The van der Waals surface area contributed by atoms with Crippen LogP contribution in [0.3, 0.4) is 0 Å². The third kappa shape index (κ3) is 3.38. The van der Waals surface area contributed by atoms with Gasteiger partial charge in [0, 0.05) is 29.6 Å². The van der Waals surface area contributed by atoms with E-state index in [1.54, 1.807) is 22.4 Å². The van der Waals surface area contributed by atoms with Crippen molar-refractivity contribution in [1.29, 1.82) is 0 Å². The Bertz CT molecular complexity index is 845. The number of rotatable bonds is 4. The number of aromatic nitrogens is 2. The number of carbonyl (C=O) groups excluding carboxylic acids is 1. The lowest BCUT2D eigenvalue weighted by molar-refractivity contribution is -0.116. The highest BCUT2D eigenvalue weighted by molar-refractivity contribution is 7.99. The summed E-state index contributed by atoms with van der Waals surface area (Å²) < 4.78 is 1.66. The number of amides is 1. The molecule has 1 aromatic carbocycles. The minimum atomic E-state index is -0.137. The highest BCUT2D eigenvalue weighted by atomic mass is 32.2. The molecule has 24 heavy (non-hydrogen) atoms. The van der Waals surface area contributed by atoms with Gasteiger partial charge in [-0.25, -0.2) is 4.98 Å². The molecule has 0 spiro atoms. The Morgan fingerprint density at radius 2 is 2.12 bits per heavy atom. The van der Waals surface area contributed by atoms with Gasteiger partial charge in [0.1, 0.15) is 0 Å². The zero-order valence-electron chi connectivity index (χ0n) is 14.1. The van der Waals surface area contributed by atoms with Crippen molar-refractivity contribution in [2.45, 2.75) is 44.8 Å². The summed E-state index contributed by atoms with van der Waals surface area (Å²) >= 11 is 1.54. The number of aryl methyl sites for hydroxylation is 3. The Morgan fingerprint density at radius 3 is 2.83 bits per heavy atom. The summed E-state index contributed by atoms with van der Waals surface area (Å²) in [6.07, 6.45) is 1.02. The summed E-state index contributed by atoms with van der Waals surface area (Å²) in [4.78, 5) is 29.1. The predicted molar refractivity (Wildman–Crippen MR) is 96.8 cm³/mol. The Kier molecular flexibility index (Phi) is 4.76. The number of thioether (sulfide) groups is 1. The van der Waals surface area contributed by atoms with Crippen molar-refractivity contribution in [3.8, 4) is 0 Å². The van der Waals surface area contributed by atoms with Crippen LogP contribution >= 0.6 is 11.8 Å². The van der Waals surface area contributed by atoms with E-state index >= 15 is 0 Å². The van der Waals surface area contributed by atoms with Crippen molar-refractivity contribution in [2.75, 3.05) is 11.1 Å². The lowest BCUT2D eigenvalue weighted by atomic mass is 10.1. The molecule has 0 fully saturated rings. The molecular formula is C18H21N3O2S. The standard InChI is InChI=1S/C18H21N3O2S/c1-4-13-8-17(23)21-15(10-24-18(21)20-13)9-16(22)19-14-6-5-11(2)12(3)7-14/h5-8,15H,4,9-10H2,1-3H3,(H,19,22). The summed E-state index contributed by atoms with van der Waals surface area (Å²) in [5, 5.41) is 3.65. The van der Waals surface area contributed by atoms with Crippen molar-refractivity contribution in [3.05, 3.63) is 51.4 Å². The molecule has 1 N–H and O–H groups in total. The molecule has 0 bridgehead atoms. The van der Waals surface area contributed by atoms with Crippen LogP contribution in [0, 0.1) is 13.8 Å². The van der Waals surface area contributed by atoms with Crippen LogP contribution in [0.1, 0.15) is 36.2 Å². The van der Waals surface area contributed by atoms with Gasteiger partial charge in [0.15, 0.2) is 5.16 Å². The molecule has 0 saturated heterocycles. The normalized spacial score (nSPS) is 16.0. The average Bonchev–Trinajstić information content (AvgIpc) is 2.94. The lowest BCUT2D eigenvalue weighted by Crippen LogP contribution is -2.27. The first-order valence-corrected chi connectivity index (χ1v) is 9.09. The Labute approximate surface area is 145 Å². The van der Waals surface area contributed by atoms with E-state index in [1.807, 2.05) is 39.0 Å². The van der Waals surface area contributed by atoms with Gasteiger partial charge in [-0.2, -0.15) is 0 Å². The molecular weight excluding hydrogens is 322 g/mol. The van der Waals surface area contributed by atoms with Crippen LogP contribution in [-0.4, -0.2) is 21.2 Å². The summed E-state index contributed by atoms with van der Waals surface area (Å²) in [7, 11) is 0. The SMILES string of the molecule is CCc1cc(=O)n2c(n1)SCC2CC(=O)Nc1ccc(C)c(C)c1. The molecule has 1 amide bonds. The lowest BCUT2D eigenvalue weighted by Gasteiger charge is -2.14. The van der Waals surface area contributed by atoms with Crippen molar-refractivity contribution in [1.82, 2.24) is 9.55 Å². The minimum absolute atomic E-state index is 0.0640. The quantitative estimate of drug-likeness (QED) is 0.867. The number of hydrogen-bond donors (Lipinski definition) is 1. The summed E-state index contributed by atoms with van der Waals surface area (Å²) in [6, 6.07) is 7.29. The third-order valence-corrected chi connectivity index (χ3v) is 5.41. The molecule has 1 atom stereocenters. The Morgan fingerprint density at radius 1 is 1.33 bits per heavy atom. The fourth-order valence-electron chi connectivity index (χ4n) is 2.78. The number of hydrogen-bond acceptors (Lipinski definition) is 4. The van der Waals surface area contributed by atoms with Crippen LogP contribution < -0.4 is 10.9 Å². The first-order chi connectivity index (χ1) is 11.5. The Hall–Kier alpha value is -2.08. The number of nitrogens with one attached hydrogen (secondary N) is 1. The zero-order chi connectivity index (χ0) is 17.3. The monoisotopic (exact) mass is 343 g/mol. The first-order valence-electron chi connectivity index (χ1n) is 8.10. The maximum Gasteiger partial charge on any atom is 0.254 e. The highest BCUT2D eigenvalue weighted by Gasteiger charge is 2.27. The van der Waals surface area contributed by atoms with E-state index < -0.39 is 0 Å². The van der Waals surface area contributed by atoms with Gasteiger partial charge in [0.25, 0.3) is 5.56 Å². The van der Waals surface area contributed by atoms with Gasteiger partial charge >= 0.3 is 0 Å². The number of benzene rings is 1. The molecule has 2 aromatic rings. The average molecular weight is 343 g/mol. The van der Waals surface area contributed by atoms with E-state index in [4.69, 9.17) is 0 Å². The molecule has 1 aromatic heterocycles. The molecule has 6 heteroatoms. The van der Waals surface area contributed by atoms with Crippen LogP contribution in [0.4, 0.5) is 5.69 Å². The van der Waals surface area contributed by atoms with Gasteiger partial charge < -0.3 is 5.32 Å². The van der Waals surface area contributed by atoms with Crippen molar-refractivity contribution in [3.63, 3.8) is 0 Å². The molecule has 1 aliphatic rings. The Balaban J connectivity index is 1.73. The summed E-state index contributed by atoms with van der Waals surface area (Å²) in [5.41, 5.74) is 3.87. The van der Waals surface area contributed by atoms with Crippen LogP contribution in [0.2, 0.25) is 0 Å². The first kappa shape index (κ1) is 16.8. The van der Waals surface area contributed by atoms with E-state index in [0.717, 1.165) is 28.5 Å². The van der Waals surface area contributed by atoms with Crippen LogP contribution in [-0.2, 0) is 11.2 Å². The van der Waals surface area contributed by atoms with Crippen LogP contribution in [0.25, 0.3) is 0 Å². The second kappa shape index (κ2) is 6.81. The summed E-state index contributed by atoms with van der Waals surface area (Å²) in [5.74, 6) is 0.624. The topological polar surface area (TPSA) is 64.0 Å². The van der Waals surface area contributed by atoms with Crippen LogP contribution in [0.15, 0.2) is 34.2 Å². The fourth-order valence-corrected chi connectivity index (χ4v) is 3.94. The second-order valence-electron chi connectivity index (χ2n) is 6.11. The van der Waals surface area contributed by atoms with E-state index in [9.17, 15) is 9.59 Å². The van der Waals surface area contributed by atoms with E-state index in [1.165, 1.54) is 5.56 Å². The van der Waals surface area contributed by atoms with Gasteiger partial charge in [0.2, 0.25) is 5.91 Å². The minimum Gasteiger partial charge on any atom is -0.326 e.